The first-order chi connectivity index (χ1) is 6.77. The average molecular weight is 193 g/mol. The zero-order valence-corrected chi connectivity index (χ0v) is 8.10. The fourth-order valence-corrected chi connectivity index (χ4v) is 1.32. The van der Waals surface area contributed by atoms with Crippen LogP contribution in [0.5, 0.6) is 5.75 Å². The number of epoxide rings is 1. The molecule has 3 nitrogen and oxygen atoms in total. The van der Waals surface area contributed by atoms with Crippen molar-refractivity contribution in [2.45, 2.75) is 19.1 Å². The Bertz CT molecular complexity index is 307. The topological polar surface area (TPSA) is 41.7 Å². The summed E-state index contributed by atoms with van der Waals surface area (Å²) in [7, 11) is 0. The van der Waals surface area contributed by atoms with E-state index in [1.165, 1.54) is 0 Å². The van der Waals surface area contributed by atoms with Crippen LogP contribution < -0.4 is 0 Å². The van der Waals surface area contributed by atoms with Crippen molar-refractivity contribution in [2.75, 3.05) is 13.2 Å². The Balaban J connectivity index is 1.95. The van der Waals surface area contributed by atoms with E-state index in [0.717, 1.165) is 6.61 Å². The number of rotatable bonds is 4. The van der Waals surface area contributed by atoms with Gasteiger partial charge in [0.05, 0.1) is 19.3 Å². The van der Waals surface area contributed by atoms with Crippen LogP contribution in [0.15, 0.2) is 24.3 Å². The van der Waals surface area contributed by atoms with E-state index < -0.39 is 0 Å². The molecule has 2 atom stereocenters. The molecule has 1 aliphatic heterocycles. The fraction of sp³-hybridized carbons (Fsp3) is 0.455. The summed E-state index contributed by atoms with van der Waals surface area (Å²) in [4.78, 5) is 0. The van der Waals surface area contributed by atoms with E-state index in [1.807, 2.05) is 13.0 Å². The summed E-state index contributed by atoms with van der Waals surface area (Å²) in [6.07, 6.45) is 0.101. The quantitative estimate of drug-likeness (QED) is 0.688. The van der Waals surface area contributed by atoms with E-state index in [2.05, 4.69) is 0 Å². The molecule has 1 aliphatic rings. The first-order valence-electron chi connectivity index (χ1n) is 4.76. The zero-order valence-electron chi connectivity index (χ0n) is 8.10. The summed E-state index contributed by atoms with van der Waals surface area (Å²) in [6, 6.07) is 6.95. The largest absolute Gasteiger partial charge is 0.371 e. The maximum Gasteiger partial charge on any atom is 0.184 e. The second kappa shape index (κ2) is 3.98. The lowest BCUT2D eigenvalue weighted by molar-refractivity contribution is 0.0517. The molecule has 0 saturated carbocycles. The molecule has 3 heteroatoms. The predicted molar refractivity (Wildman–Crippen MR) is 50.7 cm³/mol. The maximum atomic E-state index is 11.4. The molecular weight excluding hydrogens is 180 g/mol. The van der Waals surface area contributed by atoms with Gasteiger partial charge in [0.1, 0.15) is 6.10 Å². The third kappa shape index (κ3) is 2.25. The summed E-state index contributed by atoms with van der Waals surface area (Å²) >= 11 is 0. The first kappa shape index (κ1) is 9.49. The molecule has 2 unspecified atom stereocenters. The maximum absolute atomic E-state index is 11.4. The van der Waals surface area contributed by atoms with Gasteiger partial charge in [0.15, 0.2) is 5.75 Å². The van der Waals surface area contributed by atoms with Crippen LogP contribution in [0.25, 0.3) is 0 Å². The standard InChI is InChI=1S/C11H13O3/c1-8(13-6-9-7-14-9)10-4-2-3-5-11(10)12/h2-5,8-9H,6-7H2,1H3. The van der Waals surface area contributed by atoms with E-state index in [9.17, 15) is 5.11 Å². The molecule has 0 aliphatic carbocycles. The summed E-state index contributed by atoms with van der Waals surface area (Å²) in [5.74, 6) is 0.0386. The number of para-hydroxylation sites is 1. The summed E-state index contributed by atoms with van der Waals surface area (Å²) in [5.41, 5.74) is 0.716. The molecule has 0 N–H and O–H groups in total. The van der Waals surface area contributed by atoms with Gasteiger partial charge in [0, 0.05) is 5.56 Å². The Hall–Kier alpha value is -1.06. The van der Waals surface area contributed by atoms with Crippen LogP contribution >= 0.6 is 0 Å². The fourth-order valence-electron chi connectivity index (χ4n) is 1.32. The molecule has 2 rings (SSSR count). The molecule has 1 fully saturated rings. The zero-order chi connectivity index (χ0) is 9.97. The van der Waals surface area contributed by atoms with Gasteiger partial charge in [0.2, 0.25) is 0 Å². The van der Waals surface area contributed by atoms with Crippen LogP contribution in [0.2, 0.25) is 0 Å². The van der Waals surface area contributed by atoms with Crippen LogP contribution in [-0.2, 0) is 14.6 Å². The highest BCUT2D eigenvalue weighted by atomic mass is 16.6. The van der Waals surface area contributed by atoms with Gasteiger partial charge in [-0.15, -0.1) is 0 Å². The smallest absolute Gasteiger partial charge is 0.184 e. The number of hydrogen-bond acceptors (Lipinski definition) is 2. The highest BCUT2D eigenvalue weighted by Crippen LogP contribution is 2.27. The second-order valence-electron chi connectivity index (χ2n) is 3.47. The highest BCUT2D eigenvalue weighted by Gasteiger charge is 2.24. The van der Waals surface area contributed by atoms with Crippen LogP contribution in [0.1, 0.15) is 18.6 Å². The number of hydrogen-bond donors (Lipinski definition) is 0. The molecule has 0 aromatic heterocycles. The summed E-state index contributed by atoms with van der Waals surface area (Å²) in [6.45, 7) is 3.25. The van der Waals surface area contributed by atoms with E-state index in [0.29, 0.717) is 12.2 Å². The van der Waals surface area contributed by atoms with Crippen LogP contribution in [-0.4, -0.2) is 19.3 Å². The van der Waals surface area contributed by atoms with Crippen molar-refractivity contribution in [3.05, 3.63) is 29.8 Å². The van der Waals surface area contributed by atoms with Gasteiger partial charge in [-0.05, 0) is 13.0 Å². The van der Waals surface area contributed by atoms with Crippen molar-refractivity contribution in [1.29, 1.82) is 0 Å². The van der Waals surface area contributed by atoms with Crippen LogP contribution in [0, 0.1) is 0 Å². The lowest BCUT2D eigenvalue weighted by Gasteiger charge is -2.12. The third-order valence-electron chi connectivity index (χ3n) is 2.29. The van der Waals surface area contributed by atoms with Crippen molar-refractivity contribution >= 4 is 0 Å². The van der Waals surface area contributed by atoms with Crippen molar-refractivity contribution < 1.29 is 14.6 Å². The Kier molecular flexibility index (Phi) is 2.70. The van der Waals surface area contributed by atoms with Gasteiger partial charge in [-0.2, -0.15) is 0 Å². The lowest BCUT2D eigenvalue weighted by Crippen LogP contribution is -2.06. The second-order valence-corrected chi connectivity index (χ2v) is 3.47. The molecule has 0 bridgehead atoms. The minimum atomic E-state index is -0.145. The monoisotopic (exact) mass is 193 g/mol. The van der Waals surface area contributed by atoms with Crippen LogP contribution in [0.4, 0.5) is 0 Å². The minimum absolute atomic E-state index is 0.0386. The molecule has 0 amide bonds. The summed E-state index contributed by atoms with van der Waals surface area (Å²) in [5, 5.41) is 11.4. The van der Waals surface area contributed by atoms with Crippen molar-refractivity contribution in [2.24, 2.45) is 0 Å². The van der Waals surface area contributed by atoms with E-state index in [-0.39, 0.29) is 18.0 Å². The van der Waals surface area contributed by atoms with Gasteiger partial charge in [-0.25, -0.2) is 0 Å². The average Bonchev–Trinajstić information content (AvgIpc) is 2.98. The molecule has 1 saturated heterocycles. The molecular formula is C11H13O3. The van der Waals surface area contributed by atoms with Crippen molar-refractivity contribution in [3.8, 4) is 5.75 Å². The van der Waals surface area contributed by atoms with E-state index >= 15 is 0 Å². The normalized spacial score (nSPS) is 21.9. The SMILES string of the molecule is CC(OCC1CO1)c1ccccc1[O]. The molecule has 0 spiro atoms. The van der Waals surface area contributed by atoms with E-state index in [4.69, 9.17) is 9.47 Å². The highest BCUT2D eigenvalue weighted by molar-refractivity contribution is 5.33. The molecule has 1 heterocycles. The van der Waals surface area contributed by atoms with Gasteiger partial charge < -0.3 is 9.47 Å². The van der Waals surface area contributed by atoms with Gasteiger partial charge >= 0.3 is 0 Å². The molecule has 1 aromatic rings. The van der Waals surface area contributed by atoms with Gasteiger partial charge in [-0.1, -0.05) is 18.2 Å². The minimum Gasteiger partial charge on any atom is -0.371 e. The number of ether oxygens (including phenoxy) is 2. The van der Waals surface area contributed by atoms with E-state index in [1.54, 1.807) is 18.2 Å². The molecule has 14 heavy (non-hydrogen) atoms. The first-order valence-corrected chi connectivity index (χ1v) is 4.76. The lowest BCUT2D eigenvalue weighted by atomic mass is 10.1. The van der Waals surface area contributed by atoms with Crippen molar-refractivity contribution in [1.82, 2.24) is 0 Å². The Morgan fingerprint density at radius 2 is 2.29 bits per heavy atom. The predicted octanol–water partition coefficient (Wildman–Crippen LogP) is 2.31. The number of benzene rings is 1. The Morgan fingerprint density at radius 1 is 1.57 bits per heavy atom. The van der Waals surface area contributed by atoms with Crippen molar-refractivity contribution in [3.63, 3.8) is 0 Å². The molecule has 1 radical (unpaired) electrons. The van der Waals surface area contributed by atoms with Gasteiger partial charge in [-0.3, -0.25) is 5.11 Å². The molecule has 75 valence electrons. The van der Waals surface area contributed by atoms with Gasteiger partial charge in [0.25, 0.3) is 0 Å². The Labute approximate surface area is 83.3 Å². The third-order valence-corrected chi connectivity index (χ3v) is 2.29. The molecule has 1 aromatic carbocycles. The summed E-state index contributed by atoms with van der Waals surface area (Å²) < 4.78 is 10.5. The van der Waals surface area contributed by atoms with Crippen LogP contribution in [0.3, 0.4) is 0 Å². The Morgan fingerprint density at radius 3 is 2.93 bits per heavy atom.